The summed E-state index contributed by atoms with van der Waals surface area (Å²) < 4.78 is 0. The molecule has 1 aliphatic heterocycles. The summed E-state index contributed by atoms with van der Waals surface area (Å²) in [6, 6.07) is 5.74. The first-order chi connectivity index (χ1) is 10.9. The summed E-state index contributed by atoms with van der Waals surface area (Å²) in [4.78, 5) is 40.0. The van der Waals surface area contributed by atoms with Crippen molar-refractivity contribution < 1.29 is 14.4 Å². The fourth-order valence-corrected chi connectivity index (χ4v) is 2.59. The predicted molar refractivity (Wildman–Crippen MR) is 88.2 cm³/mol. The van der Waals surface area contributed by atoms with E-state index in [1.54, 1.807) is 9.80 Å². The van der Waals surface area contributed by atoms with E-state index in [0.29, 0.717) is 26.2 Å². The number of benzene rings is 1. The van der Waals surface area contributed by atoms with Gasteiger partial charge in [0.2, 0.25) is 18.2 Å². The van der Waals surface area contributed by atoms with Gasteiger partial charge in [-0.2, -0.15) is 0 Å². The van der Waals surface area contributed by atoms with E-state index in [-0.39, 0.29) is 18.4 Å². The Balaban J connectivity index is 2.07. The zero-order valence-electron chi connectivity index (χ0n) is 13.9. The van der Waals surface area contributed by atoms with Gasteiger partial charge in [-0.1, -0.05) is 6.07 Å². The minimum Gasteiger partial charge on any atom is -0.342 e. The summed E-state index contributed by atoms with van der Waals surface area (Å²) in [5.74, 6) is -0.253. The zero-order chi connectivity index (χ0) is 17.0. The number of piperazine rings is 1. The van der Waals surface area contributed by atoms with Gasteiger partial charge in [-0.3, -0.25) is 14.4 Å². The molecule has 1 aromatic carbocycles. The maximum absolute atomic E-state index is 12.5. The van der Waals surface area contributed by atoms with E-state index in [1.165, 1.54) is 11.8 Å². The number of rotatable bonds is 4. The number of carbonyl (C=O) groups is 3. The predicted octanol–water partition coefficient (Wildman–Crippen LogP) is 0.957. The molecular formula is C17H23N3O3. The summed E-state index contributed by atoms with van der Waals surface area (Å²) in [5.41, 5.74) is 2.97. The maximum Gasteiger partial charge on any atom is 0.242 e. The molecule has 6 heteroatoms. The van der Waals surface area contributed by atoms with Gasteiger partial charge in [0.25, 0.3) is 0 Å². The van der Waals surface area contributed by atoms with Crippen molar-refractivity contribution in [2.75, 3.05) is 37.6 Å². The van der Waals surface area contributed by atoms with Crippen molar-refractivity contribution in [1.29, 1.82) is 0 Å². The van der Waals surface area contributed by atoms with Crippen LogP contribution < -0.4 is 4.90 Å². The number of carbonyl (C=O) groups excluding carboxylic acids is 3. The normalized spacial score (nSPS) is 14.6. The number of anilines is 1. The second-order valence-corrected chi connectivity index (χ2v) is 5.90. The monoisotopic (exact) mass is 317 g/mol. The lowest BCUT2D eigenvalue weighted by Gasteiger charge is -2.34. The average molecular weight is 317 g/mol. The van der Waals surface area contributed by atoms with Crippen molar-refractivity contribution in [3.8, 4) is 0 Å². The van der Waals surface area contributed by atoms with E-state index >= 15 is 0 Å². The summed E-state index contributed by atoms with van der Waals surface area (Å²) in [7, 11) is 0. The Morgan fingerprint density at radius 3 is 2.30 bits per heavy atom. The van der Waals surface area contributed by atoms with Crippen LogP contribution in [-0.4, -0.2) is 60.7 Å². The Hall–Kier alpha value is -2.37. The van der Waals surface area contributed by atoms with Crippen molar-refractivity contribution in [1.82, 2.24) is 9.80 Å². The smallest absolute Gasteiger partial charge is 0.242 e. The lowest BCUT2D eigenvalue weighted by molar-refractivity contribution is -0.134. The third-order valence-electron chi connectivity index (χ3n) is 4.29. The number of nitrogens with zero attached hydrogens (tertiary/aromatic N) is 3. The number of amides is 3. The van der Waals surface area contributed by atoms with Crippen LogP contribution in [0.15, 0.2) is 18.2 Å². The van der Waals surface area contributed by atoms with Crippen molar-refractivity contribution >= 4 is 23.9 Å². The molecule has 0 bridgehead atoms. The van der Waals surface area contributed by atoms with Crippen molar-refractivity contribution in [3.05, 3.63) is 29.3 Å². The third kappa shape index (κ3) is 4.09. The average Bonchev–Trinajstić information content (AvgIpc) is 2.55. The van der Waals surface area contributed by atoms with E-state index in [2.05, 4.69) is 0 Å². The van der Waals surface area contributed by atoms with Crippen molar-refractivity contribution in [2.45, 2.75) is 20.8 Å². The molecule has 3 amide bonds. The quantitative estimate of drug-likeness (QED) is 0.777. The fraction of sp³-hybridized carbons (Fsp3) is 0.471. The summed E-state index contributed by atoms with van der Waals surface area (Å²) in [6.07, 6.45) is 0.804. The minimum absolute atomic E-state index is 0.0267. The SMILES string of the molecule is CC(=O)N(CC(=O)N1CCN(C=O)CC1)c1ccc(C)c(C)c1. The molecule has 0 aromatic heterocycles. The molecule has 1 saturated heterocycles. The van der Waals surface area contributed by atoms with Gasteiger partial charge in [0.05, 0.1) is 0 Å². The molecule has 1 heterocycles. The van der Waals surface area contributed by atoms with Gasteiger partial charge in [-0.05, 0) is 37.1 Å². The first kappa shape index (κ1) is 17.0. The van der Waals surface area contributed by atoms with Crippen LogP contribution in [0.2, 0.25) is 0 Å². The maximum atomic E-state index is 12.5. The first-order valence-electron chi connectivity index (χ1n) is 7.75. The Bertz CT molecular complexity index is 607. The van der Waals surface area contributed by atoms with Gasteiger partial charge in [-0.15, -0.1) is 0 Å². The summed E-state index contributed by atoms with van der Waals surface area (Å²) >= 11 is 0. The van der Waals surface area contributed by atoms with Crippen LogP contribution in [0.4, 0.5) is 5.69 Å². The van der Waals surface area contributed by atoms with E-state index in [4.69, 9.17) is 0 Å². The molecule has 124 valence electrons. The van der Waals surface area contributed by atoms with Crippen LogP contribution in [0, 0.1) is 13.8 Å². The highest BCUT2D eigenvalue weighted by molar-refractivity contribution is 5.97. The lowest BCUT2D eigenvalue weighted by atomic mass is 10.1. The second-order valence-electron chi connectivity index (χ2n) is 5.90. The standard InChI is InChI=1S/C17H23N3O3/c1-13-4-5-16(10-14(13)2)20(15(3)22)11-17(23)19-8-6-18(12-21)7-9-19/h4-5,10,12H,6-9,11H2,1-3H3. The van der Waals surface area contributed by atoms with Crippen LogP contribution in [0.25, 0.3) is 0 Å². The molecule has 1 aliphatic rings. The van der Waals surface area contributed by atoms with Gasteiger partial charge in [0.15, 0.2) is 0 Å². The van der Waals surface area contributed by atoms with Crippen LogP contribution in [0.3, 0.4) is 0 Å². The Morgan fingerprint density at radius 1 is 1.13 bits per heavy atom. The molecule has 0 spiro atoms. The summed E-state index contributed by atoms with van der Waals surface area (Å²) in [6.45, 7) is 7.59. The molecule has 0 radical (unpaired) electrons. The van der Waals surface area contributed by atoms with E-state index in [9.17, 15) is 14.4 Å². The molecule has 0 saturated carbocycles. The van der Waals surface area contributed by atoms with Gasteiger partial charge in [-0.25, -0.2) is 0 Å². The lowest BCUT2D eigenvalue weighted by Crippen LogP contribution is -2.51. The largest absolute Gasteiger partial charge is 0.342 e. The van der Waals surface area contributed by atoms with Crippen molar-refractivity contribution in [2.24, 2.45) is 0 Å². The highest BCUT2D eigenvalue weighted by atomic mass is 16.2. The number of hydrogen-bond acceptors (Lipinski definition) is 3. The van der Waals surface area contributed by atoms with Gasteiger partial charge >= 0.3 is 0 Å². The number of hydrogen-bond donors (Lipinski definition) is 0. The Morgan fingerprint density at radius 2 is 1.78 bits per heavy atom. The van der Waals surface area contributed by atoms with Gasteiger partial charge < -0.3 is 14.7 Å². The highest BCUT2D eigenvalue weighted by Crippen LogP contribution is 2.19. The van der Waals surface area contributed by atoms with Crippen LogP contribution in [0.5, 0.6) is 0 Å². The number of aryl methyl sites for hydroxylation is 2. The Kier molecular flexibility index (Phi) is 5.36. The van der Waals surface area contributed by atoms with Gasteiger partial charge in [0, 0.05) is 38.8 Å². The Labute approximate surface area is 136 Å². The molecule has 6 nitrogen and oxygen atoms in total. The van der Waals surface area contributed by atoms with Crippen LogP contribution >= 0.6 is 0 Å². The van der Waals surface area contributed by atoms with Gasteiger partial charge in [0.1, 0.15) is 6.54 Å². The topological polar surface area (TPSA) is 60.9 Å². The second kappa shape index (κ2) is 7.26. The molecule has 23 heavy (non-hydrogen) atoms. The molecule has 0 atom stereocenters. The van der Waals surface area contributed by atoms with E-state index in [0.717, 1.165) is 23.2 Å². The minimum atomic E-state index is -0.159. The molecule has 1 aromatic rings. The molecule has 2 rings (SSSR count). The van der Waals surface area contributed by atoms with E-state index in [1.807, 2.05) is 32.0 Å². The molecular weight excluding hydrogens is 294 g/mol. The molecule has 0 unspecified atom stereocenters. The van der Waals surface area contributed by atoms with Crippen LogP contribution in [0.1, 0.15) is 18.1 Å². The molecule has 0 N–H and O–H groups in total. The molecule has 0 aliphatic carbocycles. The first-order valence-corrected chi connectivity index (χ1v) is 7.75. The van der Waals surface area contributed by atoms with Crippen molar-refractivity contribution in [3.63, 3.8) is 0 Å². The van der Waals surface area contributed by atoms with E-state index < -0.39 is 0 Å². The third-order valence-corrected chi connectivity index (χ3v) is 4.29. The fourth-order valence-electron chi connectivity index (χ4n) is 2.59. The van der Waals surface area contributed by atoms with Crippen LogP contribution in [-0.2, 0) is 14.4 Å². The zero-order valence-corrected chi connectivity index (χ0v) is 13.9. The molecule has 1 fully saturated rings. The summed E-state index contributed by atoms with van der Waals surface area (Å²) in [5, 5.41) is 0. The highest BCUT2D eigenvalue weighted by Gasteiger charge is 2.23.